The largest absolute Gasteiger partial charge is 0.361 e. The van der Waals surface area contributed by atoms with Crippen LogP contribution in [0.15, 0.2) is 107 Å². The fourth-order valence-electron chi connectivity index (χ4n) is 3.83. The zero-order valence-corrected chi connectivity index (χ0v) is 19.0. The van der Waals surface area contributed by atoms with Gasteiger partial charge in [-0.2, -0.15) is 5.10 Å². The zero-order valence-electron chi connectivity index (χ0n) is 19.0. The number of nitrogens with zero attached hydrogens (tertiary/aromatic N) is 2. The van der Waals surface area contributed by atoms with Gasteiger partial charge in [0, 0.05) is 0 Å². The molecule has 1 aliphatic heterocycles. The Bertz CT molecular complexity index is 1150. The molecular formula is C29H28N2O2. The quantitative estimate of drug-likeness (QED) is 0.322. The Morgan fingerprint density at radius 3 is 2.00 bits per heavy atom. The van der Waals surface area contributed by atoms with Gasteiger partial charge in [0.05, 0.1) is 12.8 Å². The summed E-state index contributed by atoms with van der Waals surface area (Å²) < 4.78 is 6.06. The Labute approximate surface area is 195 Å². The lowest BCUT2D eigenvalue weighted by Gasteiger charge is -2.43. The molecule has 166 valence electrons. The molecule has 1 amide bonds. The second-order valence-electron chi connectivity index (χ2n) is 8.19. The fraction of sp³-hybridized carbons (Fsp3) is 0.172. The highest BCUT2D eigenvalue weighted by atomic mass is 16.5. The van der Waals surface area contributed by atoms with Gasteiger partial charge >= 0.3 is 0 Å². The van der Waals surface area contributed by atoms with Gasteiger partial charge in [-0.25, -0.2) is 5.01 Å². The predicted molar refractivity (Wildman–Crippen MR) is 134 cm³/mol. The van der Waals surface area contributed by atoms with Crippen molar-refractivity contribution in [3.63, 3.8) is 0 Å². The van der Waals surface area contributed by atoms with Crippen LogP contribution < -0.4 is 0 Å². The van der Waals surface area contributed by atoms with Gasteiger partial charge in [-0.3, -0.25) is 4.79 Å². The van der Waals surface area contributed by atoms with Crippen LogP contribution in [0.2, 0.25) is 0 Å². The maximum atomic E-state index is 13.0. The van der Waals surface area contributed by atoms with Crippen molar-refractivity contribution < 1.29 is 9.53 Å². The van der Waals surface area contributed by atoms with Gasteiger partial charge in [-0.05, 0) is 41.7 Å². The van der Waals surface area contributed by atoms with Crippen molar-refractivity contribution in [3.05, 3.63) is 119 Å². The Balaban J connectivity index is 1.53. The molecule has 4 nitrogen and oxygen atoms in total. The second kappa shape index (κ2) is 10.7. The zero-order chi connectivity index (χ0) is 23.0. The molecule has 1 heterocycles. The Morgan fingerprint density at radius 2 is 1.39 bits per heavy atom. The Kier molecular flexibility index (Phi) is 7.28. The molecule has 0 spiro atoms. The van der Waals surface area contributed by atoms with E-state index in [-0.39, 0.29) is 11.9 Å². The smallest absolute Gasteiger partial charge is 0.275 e. The van der Waals surface area contributed by atoms with Gasteiger partial charge in [0.25, 0.3) is 5.91 Å². The van der Waals surface area contributed by atoms with Crippen LogP contribution in [0.5, 0.6) is 0 Å². The van der Waals surface area contributed by atoms with Gasteiger partial charge < -0.3 is 4.74 Å². The molecule has 33 heavy (non-hydrogen) atoms. The van der Waals surface area contributed by atoms with Crippen LogP contribution in [0.3, 0.4) is 0 Å². The van der Waals surface area contributed by atoms with E-state index in [4.69, 9.17) is 4.74 Å². The van der Waals surface area contributed by atoms with Crippen molar-refractivity contribution in [3.8, 4) is 0 Å². The first kappa shape index (κ1) is 22.4. The van der Waals surface area contributed by atoms with E-state index >= 15 is 0 Å². The molecule has 3 aromatic carbocycles. The summed E-state index contributed by atoms with van der Waals surface area (Å²) in [5.41, 5.74) is 5.21. The summed E-state index contributed by atoms with van der Waals surface area (Å²) in [5, 5.41) is 6.06. The number of hydrogen-bond acceptors (Lipinski definition) is 3. The minimum atomic E-state index is -0.555. The maximum absolute atomic E-state index is 13.0. The molecule has 0 aromatic heterocycles. The number of amides is 1. The molecule has 4 rings (SSSR count). The fourth-order valence-corrected chi connectivity index (χ4v) is 3.83. The van der Waals surface area contributed by atoms with E-state index < -0.39 is 6.10 Å². The number of allylic oxidation sites excluding steroid dienone is 1. The number of β-lactam (4-membered cyclic amide) rings is 1. The lowest BCUT2D eigenvalue weighted by molar-refractivity contribution is -0.171. The highest BCUT2D eigenvalue weighted by Gasteiger charge is 2.49. The van der Waals surface area contributed by atoms with Crippen LogP contribution in [0.1, 0.15) is 30.5 Å². The van der Waals surface area contributed by atoms with Crippen LogP contribution in [0, 0.1) is 0 Å². The van der Waals surface area contributed by atoms with Crippen molar-refractivity contribution >= 4 is 24.3 Å². The minimum absolute atomic E-state index is 0.125. The van der Waals surface area contributed by atoms with E-state index in [0.717, 1.165) is 27.8 Å². The monoisotopic (exact) mass is 436 g/mol. The minimum Gasteiger partial charge on any atom is -0.361 e. The average molecular weight is 437 g/mol. The van der Waals surface area contributed by atoms with Crippen LogP contribution in [-0.2, 0) is 16.1 Å². The first-order valence-electron chi connectivity index (χ1n) is 11.1. The number of carbonyl (C=O) groups is 1. The second-order valence-corrected chi connectivity index (χ2v) is 8.19. The van der Waals surface area contributed by atoms with Gasteiger partial charge in [0.15, 0.2) is 6.10 Å². The molecule has 3 aromatic rings. The van der Waals surface area contributed by atoms with E-state index in [0.29, 0.717) is 6.61 Å². The number of hydrazone groups is 1. The molecule has 2 atom stereocenters. The van der Waals surface area contributed by atoms with E-state index in [1.807, 2.05) is 111 Å². The highest BCUT2D eigenvalue weighted by Crippen LogP contribution is 2.31. The standard InChI is InChI=1S/C29H28N2O2/c1-22(18-24-12-6-3-7-13-24)20-30-31-27(23(2)19-25-14-8-4-9-15-25)28(29(31)32)33-21-26-16-10-5-11-17-26/h3-20,27-28H,21H2,1-2H3/b22-18+,23-19+,30-20+/t27-,28+/m1/s1. The summed E-state index contributed by atoms with van der Waals surface area (Å²) in [4.78, 5) is 13.0. The summed E-state index contributed by atoms with van der Waals surface area (Å²) in [6.07, 6.45) is 5.31. The van der Waals surface area contributed by atoms with Gasteiger partial charge in [-0.15, -0.1) is 0 Å². The normalized spacial score (nSPS) is 19.1. The summed E-state index contributed by atoms with van der Waals surface area (Å²) in [7, 11) is 0. The van der Waals surface area contributed by atoms with Crippen molar-refractivity contribution in [2.45, 2.75) is 32.6 Å². The van der Waals surface area contributed by atoms with E-state index in [2.05, 4.69) is 11.2 Å². The van der Waals surface area contributed by atoms with Crippen LogP contribution in [-0.4, -0.2) is 29.3 Å². The van der Waals surface area contributed by atoms with Gasteiger partial charge in [-0.1, -0.05) is 103 Å². The topological polar surface area (TPSA) is 41.9 Å². The van der Waals surface area contributed by atoms with Gasteiger partial charge in [0.2, 0.25) is 0 Å². The van der Waals surface area contributed by atoms with Crippen LogP contribution in [0.4, 0.5) is 0 Å². The maximum Gasteiger partial charge on any atom is 0.275 e. The molecular weight excluding hydrogens is 408 g/mol. The molecule has 0 unspecified atom stereocenters. The average Bonchev–Trinajstić information content (AvgIpc) is 2.84. The van der Waals surface area contributed by atoms with E-state index in [1.54, 1.807) is 6.21 Å². The summed E-state index contributed by atoms with van der Waals surface area (Å²) >= 11 is 0. The molecule has 0 saturated carbocycles. The highest BCUT2D eigenvalue weighted by molar-refractivity contribution is 5.92. The number of benzene rings is 3. The number of rotatable bonds is 8. The third kappa shape index (κ3) is 5.73. The lowest BCUT2D eigenvalue weighted by atomic mass is 9.92. The SMILES string of the molecule is CC(/C=N/N1C(=O)[C@@H](OCc2ccccc2)[C@H]1/C(C)=C/c1ccccc1)=C\c1ccccc1. The van der Waals surface area contributed by atoms with E-state index in [1.165, 1.54) is 5.01 Å². The number of ether oxygens (including phenoxy) is 1. The molecule has 1 aliphatic rings. The van der Waals surface area contributed by atoms with Crippen LogP contribution in [0.25, 0.3) is 12.2 Å². The summed E-state index contributed by atoms with van der Waals surface area (Å²) in [5.74, 6) is -0.125. The lowest BCUT2D eigenvalue weighted by Crippen LogP contribution is -2.63. The molecule has 1 fully saturated rings. The van der Waals surface area contributed by atoms with Crippen molar-refractivity contribution in [2.75, 3.05) is 0 Å². The first-order chi connectivity index (χ1) is 16.1. The van der Waals surface area contributed by atoms with Gasteiger partial charge in [0.1, 0.15) is 6.04 Å². The van der Waals surface area contributed by atoms with Crippen molar-refractivity contribution in [1.82, 2.24) is 5.01 Å². The third-order valence-corrected chi connectivity index (χ3v) is 5.53. The summed E-state index contributed by atoms with van der Waals surface area (Å²) in [6, 6.07) is 29.8. The molecule has 0 bridgehead atoms. The molecule has 4 heteroatoms. The predicted octanol–water partition coefficient (Wildman–Crippen LogP) is 5.98. The Morgan fingerprint density at radius 1 is 0.848 bits per heavy atom. The first-order valence-corrected chi connectivity index (χ1v) is 11.1. The van der Waals surface area contributed by atoms with E-state index in [9.17, 15) is 4.79 Å². The summed E-state index contributed by atoms with van der Waals surface area (Å²) in [6.45, 7) is 4.39. The number of carbonyl (C=O) groups excluding carboxylic acids is 1. The molecule has 0 radical (unpaired) electrons. The molecule has 1 saturated heterocycles. The van der Waals surface area contributed by atoms with Crippen LogP contribution >= 0.6 is 0 Å². The molecule has 0 aliphatic carbocycles. The van der Waals surface area contributed by atoms with Crippen molar-refractivity contribution in [2.24, 2.45) is 5.10 Å². The third-order valence-electron chi connectivity index (χ3n) is 5.53. The number of hydrogen-bond donors (Lipinski definition) is 0. The van der Waals surface area contributed by atoms with Crippen molar-refractivity contribution in [1.29, 1.82) is 0 Å². The molecule has 0 N–H and O–H groups in total. The Hall–Kier alpha value is -3.76.